The molecule has 0 N–H and O–H groups in total. The Bertz CT molecular complexity index is 631. The molecule has 3 aliphatic rings. The van der Waals surface area contributed by atoms with E-state index in [0.717, 1.165) is 25.7 Å². The highest BCUT2D eigenvalue weighted by atomic mass is 16.7. The predicted octanol–water partition coefficient (Wildman–Crippen LogP) is 3.85. The van der Waals surface area contributed by atoms with Crippen LogP contribution in [-0.2, 0) is 28.5 Å². The van der Waals surface area contributed by atoms with Gasteiger partial charge in [-0.05, 0) is 58.3 Å². The van der Waals surface area contributed by atoms with Crippen LogP contribution in [0, 0.1) is 23.2 Å². The molecule has 3 rings (SSSR count). The Labute approximate surface area is 168 Å². The molecule has 0 unspecified atom stereocenters. The maximum absolute atomic E-state index is 11.7. The van der Waals surface area contributed by atoms with Crippen molar-refractivity contribution in [2.45, 2.75) is 97.7 Å². The molecule has 2 saturated carbocycles. The van der Waals surface area contributed by atoms with Crippen LogP contribution in [0.15, 0.2) is 0 Å². The van der Waals surface area contributed by atoms with E-state index >= 15 is 0 Å². The van der Waals surface area contributed by atoms with Crippen LogP contribution in [0.2, 0.25) is 0 Å². The minimum absolute atomic E-state index is 0.0311. The minimum atomic E-state index is -0.679. The summed E-state index contributed by atoms with van der Waals surface area (Å²) in [5, 5.41) is 0. The molecular weight excluding hydrogens is 360 g/mol. The van der Waals surface area contributed by atoms with Crippen molar-refractivity contribution in [2.24, 2.45) is 23.2 Å². The molecule has 2 aliphatic carbocycles. The van der Waals surface area contributed by atoms with Crippen molar-refractivity contribution in [1.29, 1.82) is 0 Å². The molecule has 1 saturated heterocycles. The monoisotopic (exact) mass is 396 g/mol. The van der Waals surface area contributed by atoms with Gasteiger partial charge in [-0.2, -0.15) is 0 Å². The van der Waals surface area contributed by atoms with E-state index < -0.39 is 5.79 Å². The summed E-state index contributed by atoms with van der Waals surface area (Å²) in [6.07, 6.45) is 3.37. The van der Waals surface area contributed by atoms with E-state index in [1.54, 1.807) is 0 Å². The average molecular weight is 397 g/mol. The number of hydrogen-bond acceptors (Lipinski definition) is 6. The maximum Gasteiger partial charge on any atom is 0.302 e. The van der Waals surface area contributed by atoms with Gasteiger partial charge in [-0.15, -0.1) is 0 Å². The quantitative estimate of drug-likeness (QED) is 0.672. The van der Waals surface area contributed by atoms with Crippen LogP contribution in [0.5, 0.6) is 0 Å². The van der Waals surface area contributed by atoms with Crippen LogP contribution in [0.1, 0.15) is 74.1 Å². The number of carbonyl (C=O) groups is 2. The Kier molecular flexibility index (Phi) is 5.61. The predicted molar refractivity (Wildman–Crippen MR) is 103 cm³/mol. The number of esters is 2. The van der Waals surface area contributed by atoms with Gasteiger partial charge in [0.1, 0.15) is 6.10 Å². The van der Waals surface area contributed by atoms with E-state index in [0.29, 0.717) is 6.61 Å². The summed E-state index contributed by atoms with van der Waals surface area (Å²) in [5.41, 5.74) is -0.533. The highest BCUT2D eigenvalue weighted by Crippen LogP contribution is 2.62. The van der Waals surface area contributed by atoms with E-state index in [2.05, 4.69) is 20.8 Å². The van der Waals surface area contributed by atoms with E-state index in [9.17, 15) is 9.59 Å². The highest BCUT2D eigenvalue weighted by Gasteiger charge is 2.66. The third kappa shape index (κ3) is 3.82. The molecule has 0 radical (unpaired) electrons. The molecule has 1 aliphatic heterocycles. The Morgan fingerprint density at radius 1 is 1.07 bits per heavy atom. The lowest BCUT2D eigenvalue weighted by molar-refractivity contribution is -0.399. The van der Waals surface area contributed by atoms with Gasteiger partial charge in [-0.25, -0.2) is 0 Å². The molecular formula is C22H36O6. The van der Waals surface area contributed by atoms with Gasteiger partial charge in [0.05, 0.1) is 18.3 Å². The van der Waals surface area contributed by atoms with Crippen molar-refractivity contribution in [3.63, 3.8) is 0 Å². The van der Waals surface area contributed by atoms with Crippen LogP contribution in [0.3, 0.4) is 0 Å². The molecule has 0 amide bonds. The zero-order valence-corrected chi connectivity index (χ0v) is 18.4. The van der Waals surface area contributed by atoms with Gasteiger partial charge >= 0.3 is 11.9 Å². The van der Waals surface area contributed by atoms with Gasteiger partial charge in [-0.3, -0.25) is 9.59 Å². The summed E-state index contributed by atoms with van der Waals surface area (Å²) in [6.45, 7) is 13.8. The van der Waals surface area contributed by atoms with Crippen molar-refractivity contribution in [2.75, 3.05) is 6.61 Å². The van der Waals surface area contributed by atoms with Crippen molar-refractivity contribution in [3.8, 4) is 0 Å². The van der Waals surface area contributed by atoms with Crippen LogP contribution >= 0.6 is 0 Å². The van der Waals surface area contributed by atoms with Gasteiger partial charge < -0.3 is 18.9 Å². The SMILES string of the molecule is CC(=O)OC[C@@H](C)[C@@H]1CC[C@]2(C)[C@H]3[C@H]1OC(C)(C)O[C@]3(C)CC[C@H]2OC(C)=O. The molecule has 6 heteroatoms. The smallest absolute Gasteiger partial charge is 0.302 e. The second-order valence-corrected chi connectivity index (χ2v) is 10.00. The molecule has 7 atom stereocenters. The fourth-order valence-electron chi connectivity index (χ4n) is 6.29. The average Bonchev–Trinajstić information content (AvgIpc) is 2.53. The summed E-state index contributed by atoms with van der Waals surface area (Å²) >= 11 is 0. The summed E-state index contributed by atoms with van der Waals surface area (Å²) in [4.78, 5) is 23.0. The van der Waals surface area contributed by atoms with E-state index in [1.807, 2.05) is 13.8 Å². The first-order valence-electron chi connectivity index (χ1n) is 10.6. The highest BCUT2D eigenvalue weighted by molar-refractivity contribution is 5.66. The molecule has 1 heterocycles. The largest absolute Gasteiger partial charge is 0.466 e. The molecule has 3 fully saturated rings. The molecule has 6 nitrogen and oxygen atoms in total. The normalized spacial score (nSPS) is 42.8. The second kappa shape index (κ2) is 7.28. The molecule has 0 bridgehead atoms. The van der Waals surface area contributed by atoms with Gasteiger partial charge in [0.15, 0.2) is 5.79 Å². The topological polar surface area (TPSA) is 71.1 Å². The third-order valence-corrected chi connectivity index (χ3v) is 7.26. The van der Waals surface area contributed by atoms with Gasteiger partial charge in [0.25, 0.3) is 0 Å². The lowest BCUT2D eigenvalue weighted by atomic mass is 9.49. The minimum Gasteiger partial charge on any atom is -0.466 e. The fourth-order valence-corrected chi connectivity index (χ4v) is 6.29. The Morgan fingerprint density at radius 2 is 1.75 bits per heavy atom. The summed E-state index contributed by atoms with van der Waals surface area (Å²) < 4.78 is 24.1. The molecule has 0 aromatic rings. The van der Waals surface area contributed by atoms with Crippen LogP contribution in [-0.4, -0.2) is 42.1 Å². The molecule has 160 valence electrons. The van der Waals surface area contributed by atoms with Crippen molar-refractivity contribution < 1.29 is 28.5 Å². The molecule has 0 aromatic carbocycles. The first kappa shape index (κ1) is 21.6. The summed E-state index contributed by atoms with van der Waals surface area (Å²) in [5.74, 6) is -0.596. The maximum atomic E-state index is 11.7. The Hall–Kier alpha value is -1.14. The first-order valence-corrected chi connectivity index (χ1v) is 10.6. The van der Waals surface area contributed by atoms with Gasteiger partial charge in [0, 0.05) is 25.2 Å². The van der Waals surface area contributed by atoms with Crippen LogP contribution in [0.4, 0.5) is 0 Å². The van der Waals surface area contributed by atoms with Crippen molar-refractivity contribution >= 4 is 11.9 Å². The Balaban J connectivity index is 1.94. The van der Waals surface area contributed by atoms with E-state index in [1.165, 1.54) is 13.8 Å². The van der Waals surface area contributed by atoms with E-state index in [4.69, 9.17) is 18.9 Å². The van der Waals surface area contributed by atoms with Crippen LogP contribution in [0.25, 0.3) is 0 Å². The van der Waals surface area contributed by atoms with Gasteiger partial charge in [0.2, 0.25) is 0 Å². The molecule has 0 aromatic heterocycles. The lowest BCUT2D eigenvalue weighted by Gasteiger charge is -2.66. The fraction of sp³-hybridized carbons (Fsp3) is 0.909. The number of ether oxygens (including phenoxy) is 4. The summed E-state index contributed by atoms with van der Waals surface area (Å²) in [7, 11) is 0. The standard InChI is InChI=1S/C22H36O6/c1-13(12-25-14(2)23)16-8-10-21(6)17(26-15(3)24)9-11-22(7)19(21)18(16)27-20(4,5)28-22/h13,16-19H,8-12H2,1-7H3/t13-,16+,17-,18+,19-,21+,22-/m1/s1. The third-order valence-electron chi connectivity index (χ3n) is 7.26. The zero-order valence-electron chi connectivity index (χ0n) is 18.4. The second-order valence-electron chi connectivity index (χ2n) is 10.00. The lowest BCUT2D eigenvalue weighted by Crippen LogP contribution is -2.70. The van der Waals surface area contributed by atoms with Crippen LogP contribution < -0.4 is 0 Å². The Morgan fingerprint density at radius 3 is 2.36 bits per heavy atom. The first-order chi connectivity index (χ1) is 12.9. The van der Waals surface area contributed by atoms with Crippen molar-refractivity contribution in [3.05, 3.63) is 0 Å². The van der Waals surface area contributed by atoms with E-state index in [-0.39, 0.29) is 52.9 Å². The number of carbonyl (C=O) groups excluding carboxylic acids is 2. The molecule has 0 spiro atoms. The molecule has 28 heavy (non-hydrogen) atoms. The summed E-state index contributed by atoms with van der Waals surface area (Å²) in [6, 6.07) is 0. The zero-order chi connectivity index (χ0) is 20.9. The number of hydrogen-bond donors (Lipinski definition) is 0. The van der Waals surface area contributed by atoms with Crippen molar-refractivity contribution in [1.82, 2.24) is 0 Å². The number of rotatable bonds is 4. The van der Waals surface area contributed by atoms with Gasteiger partial charge in [-0.1, -0.05) is 13.8 Å².